The van der Waals surface area contributed by atoms with Gasteiger partial charge in [0, 0.05) is 31.1 Å². The lowest BCUT2D eigenvalue weighted by Gasteiger charge is -2.24. The third kappa shape index (κ3) is 3.46. The zero-order valence-electron chi connectivity index (χ0n) is 14.2. The molecule has 1 aromatic heterocycles. The molecule has 1 N–H and O–H groups in total. The van der Waals surface area contributed by atoms with E-state index in [0.29, 0.717) is 11.6 Å². The fourth-order valence-corrected chi connectivity index (χ4v) is 3.19. The molecule has 0 bridgehead atoms. The molecule has 0 spiro atoms. The van der Waals surface area contributed by atoms with Crippen LogP contribution in [0.1, 0.15) is 60.5 Å². The van der Waals surface area contributed by atoms with Crippen LogP contribution in [0.4, 0.5) is 0 Å². The van der Waals surface area contributed by atoms with Gasteiger partial charge in [-0.2, -0.15) is 0 Å². The van der Waals surface area contributed by atoms with Gasteiger partial charge in [-0.15, -0.1) is 0 Å². The molecule has 0 fully saturated rings. The summed E-state index contributed by atoms with van der Waals surface area (Å²) in [7, 11) is 0. The molecule has 2 aromatic rings. The molecule has 1 unspecified atom stereocenters. The molecule has 23 heavy (non-hydrogen) atoms. The number of nitrogens with zero attached hydrogens (tertiary/aromatic N) is 2. The topological polar surface area (TPSA) is 46.9 Å². The van der Waals surface area contributed by atoms with Crippen LogP contribution in [-0.2, 0) is 19.4 Å². The Balaban J connectivity index is 1.75. The Morgan fingerprint density at radius 3 is 2.74 bits per heavy atom. The molecule has 0 saturated heterocycles. The van der Waals surface area contributed by atoms with Gasteiger partial charge in [-0.3, -0.25) is 4.79 Å². The maximum Gasteiger partial charge on any atom is 0.271 e. The van der Waals surface area contributed by atoms with Crippen molar-refractivity contribution in [2.45, 2.75) is 58.5 Å². The highest BCUT2D eigenvalue weighted by atomic mass is 16.1. The van der Waals surface area contributed by atoms with Crippen molar-refractivity contribution in [3.8, 4) is 0 Å². The van der Waals surface area contributed by atoms with Crippen molar-refractivity contribution < 1.29 is 4.79 Å². The van der Waals surface area contributed by atoms with Gasteiger partial charge in [0.15, 0.2) is 0 Å². The highest BCUT2D eigenvalue weighted by molar-refractivity contribution is 5.92. The van der Waals surface area contributed by atoms with E-state index < -0.39 is 0 Å². The Labute approximate surface area is 137 Å². The zero-order valence-corrected chi connectivity index (χ0v) is 14.2. The summed E-state index contributed by atoms with van der Waals surface area (Å²) in [5, 5.41) is 2.91. The minimum atomic E-state index is -0.0780. The second kappa shape index (κ2) is 6.57. The van der Waals surface area contributed by atoms with Gasteiger partial charge in [-0.1, -0.05) is 31.2 Å². The van der Waals surface area contributed by atoms with E-state index in [1.54, 1.807) is 0 Å². The van der Waals surface area contributed by atoms with Crippen LogP contribution in [0, 0.1) is 0 Å². The van der Waals surface area contributed by atoms with E-state index >= 15 is 0 Å². The first kappa shape index (κ1) is 15.8. The number of amides is 1. The molecule has 2 heterocycles. The van der Waals surface area contributed by atoms with Gasteiger partial charge >= 0.3 is 0 Å². The molecule has 1 aliphatic rings. The quantitative estimate of drug-likeness (QED) is 0.941. The van der Waals surface area contributed by atoms with E-state index in [4.69, 9.17) is 0 Å². The number of carbonyl (C=O) groups is 1. The zero-order chi connectivity index (χ0) is 16.4. The highest BCUT2D eigenvalue weighted by Gasteiger charge is 2.23. The SMILES string of the molecule is CCc1ccc(C2CCc3nc(C(=O)NC(C)C)cn3C2)cc1. The number of fused-ring (bicyclic) bond motifs is 1. The minimum absolute atomic E-state index is 0.0780. The molecule has 0 radical (unpaired) electrons. The molecule has 122 valence electrons. The van der Waals surface area contributed by atoms with Gasteiger partial charge < -0.3 is 9.88 Å². The Hall–Kier alpha value is -2.10. The molecular weight excluding hydrogens is 286 g/mol. The Morgan fingerprint density at radius 1 is 1.35 bits per heavy atom. The Kier molecular flexibility index (Phi) is 4.51. The van der Waals surface area contributed by atoms with Crippen LogP contribution in [0.2, 0.25) is 0 Å². The standard InChI is InChI=1S/C19H25N3O/c1-4-14-5-7-15(8-6-14)16-9-10-18-21-17(12-22(18)11-16)19(23)20-13(2)3/h5-8,12-13,16H,4,9-11H2,1-3H3,(H,20,23). The summed E-state index contributed by atoms with van der Waals surface area (Å²) < 4.78 is 2.15. The summed E-state index contributed by atoms with van der Waals surface area (Å²) in [6, 6.07) is 9.07. The summed E-state index contributed by atoms with van der Waals surface area (Å²) in [4.78, 5) is 16.6. The number of imidazole rings is 1. The van der Waals surface area contributed by atoms with E-state index in [2.05, 4.69) is 46.1 Å². The van der Waals surface area contributed by atoms with E-state index in [9.17, 15) is 4.79 Å². The number of nitrogens with one attached hydrogen (secondary N) is 1. The van der Waals surface area contributed by atoms with Gasteiger partial charge in [0.25, 0.3) is 5.91 Å². The predicted octanol–water partition coefficient (Wildman–Crippen LogP) is 3.31. The lowest BCUT2D eigenvalue weighted by molar-refractivity contribution is 0.0938. The fraction of sp³-hybridized carbons (Fsp3) is 0.474. The van der Waals surface area contributed by atoms with Gasteiger partial charge in [0.05, 0.1) is 0 Å². The maximum absolute atomic E-state index is 12.1. The lowest BCUT2D eigenvalue weighted by atomic mass is 9.91. The van der Waals surface area contributed by atoms with Crippen LogP contribution < -0.4 is 5.32 Å². The van der Waals surface area contributed by atoms with E-state index in [0.717, 1.165) is 31.6 Å². The van der Waals surface area contributed by atoms with E-state index in [-0.39, 0.29) is 11.9 Å². The molecular formula is C19H25N3O. The molecule has 1 aromatic carbocycles. The summed E-state index contributed by atoms with van der Waals surface area (Å²) in [6.45, 7) is 7.01. The molecule has 4 heteroatoms. The molecule has 1 aliphatic heterocycles. The summed E-state index contributed by atoms with van der Waals surface area (Å²) in [5.41, 5.74) is 3.30. The molecule has 3 rings (SSSR count). The third-order valence-corrected chi connectivity index (χ3v) is 4.50. The van der Waals surface area contributed by atoms with Crippen molar-refractivity contribution in [1.29, 1.82) is 0 Å². The van der Waals surface area contributed by atoms with Crippen LogP contribution >= 0.6 is 0 Å². The monoisotopic (exact) mass is 311 g/mol. The number of aryl methyl sites for hydroxylation is 2. The number of rotatable bonds is 4. The first-order valence-electron chi connectivity index (χ1n) is 8.52. The van der Waals surface area contributed by atoms with Gasteiger partial charge in [-0.25, -0.2) is 4.98 Å². The highest BCUT2D eigenvalue weighted by Crippen LogP contribution is 2.29. The second-order valence-electron chi connectivity index (χ2n) is 6.65. The maximum atomic E-state index is 12.1. The number of carbonyl (C=O) groups excluding carboxylic acids is 1. The van der Waals surface area contributed by atoms with Crippen LogP contribution in [0.15, 0.2) is 30.5 Å². The predicted molar refractivity (Wildman–Crippen MR) is 91.7 cm³/mol. The third-order valence-electron chi connectivity index (χ3n) is 4.50. The second-order valence-corrected chi connectivity index (χ2v) is 6.65. The lowest BCUT2D eigenvalue weighted by Crippen LogP contribution is -2.30. The minimum Gasteiger partial charge on any atom is -0.348 e. The van der Waals surface area contributed by atoms with Crippen molar-refractivity contribution >= 4 is 5.91 Å². The van der Waals surface area contributed by atoms with E-state index in [1.807, 2.05) is 20.0 Å². The molecule has 0 saturated carbocycles. The van der Waals surface area contributed by atoms with Crippen LogP contribution in [-0.4, -0.2) is 21.5 Å². The van der Waals surface area contributed by atoms with Crippen LogP contribution in [0.25, 0.3) is 0 Å². The first-order valence-corrected chi connectivity index (χ1v) is 8.52. The normalized spacial score (nSPS) is 17.1. The average Bonchev–Trinajstić information content (AvgIpc) is 2.97. The molecule has 4 nitrogen and oxygen atoms in total. The Bertz CT molecular complexity index is 685. The number of benzene rings is 1. The van der Waals surface area contributed by atoms with Gasteiger partial charge in [0.2, 0.25) is 0 Å². The van der Waals surface area contributed by atoms with Crippen molar-refractivity contribution in [3.63, 3.8) is 0 Å². The molecule has 1 atom stereocenters. The largest absolute Gasteiger partial charge is 0.348 e. The van der Waals surface area contributed by atoms with Gasteiger partial charge in [-0.05, 0) is 37.8 Å². The Morgan fingerprint density at radius 2 is 2.09 bits per heavy atom. The van der Waals surface area contributed by atoms with E-state index in [1.165, 1.54) is 11.1 Å². The average molecular weight is 311 g/mol. The number of aromatic nitrogens is 2. The molecule has 0 aliphatic carbocycles. The summed E-state index contributed by atoms with van der Waals surface area (Å²) in [5.74, 6) is 1.45. The fourth-order valence-electron chi connectivity index (χ4n) is 3.19. The van der Waals surface area contributed by atoms with Crippen LogP contribution in [0.5, 0.6) is 0 Å². The summed E-state index contributed by atoms with van der Waals surface area (Å²) in [6.07, 6.45) is 4.99. The number of hydrogen-bond donors (Lipinski definition) is 1. The van der Waals surface area contributed by atoms with Crippen molar-refractivity contribution in [1.82, 2.24) is 14.9 Å². The van der Waals surface area contributed by atoms with Crippen molar-refractivity contribution in [3.05, 3.63) is 53.1 Å². The van der Waals surface area contributed by atoms with Crippen molar-refractivity contribution in [2.24, 2.45) is 0 Å². The number of hydrogen-bond acceptors (Lipinski definition) is 2. The van der Waals surface area contributed by atoms with Crippen LogP contribution in [0.3, 0.4) is 0 Å². The summed E-state index contributed by atoms with van der Waals surface area (Å²) >= 11 is 0. The van der Waals surface area contributed by atoms with Gasteiger partial charge in [0.1, 0.15) is 11.5 Å². The first-order chi connectivity index (χ1) is 11.1. The smallest absolute Gasteiger partial charge is 0.271 e. The van der Waals surface area contributed by atoms with Crippen molar-refractivity contribution in [2.75, 3.05) is 0 Å². The molecule has 1 amide bonds.